The Morgan fingerprint density at radius 1 is 1.12 bits per heavy atom. The van der Waals surface area contributed by atoms with Crippen molar-refractivity contribution in [2.45, 2.75) is 92.8 Å². The Labute approximate surface area is 159 Å². The molecular formula is C22H37FO3. The van der Waals surface area contributed by atoms with Crippen molar-refractivity contribution in [3.05, 3.63) is 34.1 Å². The molecule has 0 aromatic heterocycles. The second-order valence-corrected chi connectivity index (χ2v) is 7.84. The van der Waals surface area contributed by atoms with Gasteiger partial charge in [0.2, 0.25) is 0 Å². The lowest BCUT2D eigenvalue weighted by atomic mass is 9.84. The van der Waals surface area contributed by atoms with Gasteiger partial charge in [0.1, 0.15) is 11.4 Å². The number of halogens is 1. The fourth-order valence-electron chi connectivity index (χ4n) is 2.90. The van der Waals surface area contributed by atoms with Gasteiger partial charge in [0.25, 0.3) is 0 Å². The first-order valence-corrected chi connectivity index (χ1v) is 9.52. The maximum absolute atomic E-state index is 15.0. The van der Waals surface area contributed by atoms with Crippen molar-refractivity contribution in [1.82, 2.24) is 0 Å². The second kappa shape index (κ2) is 10.7. The summed E-state index contributed by atoms with van der Waals surface area (Å²) in [6.45, 7) is 17.7. The monoisotopic (exact) mass is 368 g/mol. The molecule has 0 saturated heterocycles. The maximum atomic E-state index is 15.0. The fourth-order valence-corrected chi connectivity index (χ4v) is 2.90. The van der Waals surface area contributed by atoms with Crippen molar-refractivity contribution >= 4 is 5.97 Å². The predicted octanol–water partition coefficient (Wildman–Crippen LogP) is 6.13. The van der Waals surface area contributed by atoms with Gasteiger partial charge in [0, 0.05) is 12.7 Å². The molecular weight excluding hydrogens is 331 g/mol. The van der Waals surface area contributed by atoms with E-state index in [2.05, 4.69) is 0 Å². The van der Waals surface area contributed by atoms with Gasteiger partial charge in [-0.1, -0.05) is 41.5 Å². The van der Waals surface area contributed by atoms with E-state index < -0.39 is 5.60 Å². The van der Waals surface area contributed by atoms with Gasteiger partial charge in [-0.25, -0.2) is 4.39 Å². The minimum atomic E-state index is -0.554. The summed E-state index contributed by atoms with van der Waals surface area (Å²) in [7, 11) is 1.55. The van der Waals surface area contributed by atoms with E-state index in [1.165, 1.54) is 0 Å². The van der Waals surface area contributed by atoms with Gasteiger partial charge < -0.3 is 9.47 Å². The van der Waals surface area contributed by atoms with Crippen molar-refractivity contribution in [2.75, 3.05) is 7.11 Å². The van der Waals surface area contributed by atoms with Gasteiger partial charge >= 0.3 is 5.97 Å². The quantitative estimate of drug-likeness (QED) is 0.567. The third kappa shape index (κ3) is 7.06. The van der Waals surface area contributed by atoms with Crippen LogP contribution in [0.1, 0.15) is 96.4 Å². The molecule has 1 aromatic carbocycles. The molecule has 0 heterocycles. The molecule has 4 heteroatoms. The molecule has 0 aliphatic rings. The van der Waals surface area contributed by atoms with E-state index in [1.807, 2.05) is 68.4 Å². The van der Waals surface area contributed by atoms with E-state index >= 15 is 0 Å². The van der Waals surface area contributed by atoms with Crippen LogP contribution in [0.15, 0.2) is 6.07 Å². The normalized spacial score (nSPS) is 11.4. The topological polar surface area (TPSA) is 35.5 Å². The van der Waals surface area contributed by atoms with Crippen LogP contribution in [-0.4, -0.2) is 18.7 Å². The number of hydrogen-bond acceptors (Lipinski definition) is 3. The largest absolute Gasteiger partial charge is 0.460 e. The molecule has 0 bridgehead atoms. The number of carbonyl (C=O) groups excluding carboxylic acids is 1. The lowest BCUT2D eigenvalue weighted by molar-refractivity contribution is -0.153. The summed E-state index contributed by atoms with van der Waals surface area (Å²) in [5, 5.41) is 0. The summed E-state index contributed by atoms with van der Waals surface area (Å²) in [4.78, 5) is 12.3. The van der Waals surface area contributed by atoms with E-state index in [0.717, 1.165) is 11.1 Å². The van der Waals surface area contributed by atoms with Crippen LogP contribution in [0.2, 0.25) is 0 Å². The summed E-state index contributed by atoms with van der Waals surface area (Å²) in [6.07, 6.45) is 0.0858. The molecule has 1 aromatic rings. The highest BCUT2D eigenvalue weighted by Crippen LogP contribution is 2.33. The Bertz CT molecular complexity index is 584. The summed E-state index contributed by atoms with van der Waals surface area (Å²) in [5.41, 5.74) is 2.32. The van der Waals surface area contributed by atoms with Gasteiger partial charge in [-0.05, 0) is 55.4 Å². The molecule has 0 amide bonds. The average Bonchev–Trinajstić information content (AvgIpc) is 2.49. The molecule has 0 saturated carbocycles. The lowest BCUT2D eigenvalue weighted by Crippen LogP contribution is -2.26. The van der Waals surface area contributed by atoms with E-state index in [9.17, 15) is 9.18 Å². The molecule has 0 spiro atoms. The van der Waals surface area contributed by atoms with E-state index in [-0.39, 0.29) is 36.7 Å². The Kier molecular flexibility index (Phi) is 10.1. The molecule has 0 fully saturated rings. The molecule has 0 atom stereocenters. The summed E-state index contributed by atoms with van der Waals surface area (Å²) >= 11 is 0. The van der Waals surface area contributed by atoms with Crippen molar-refractivity contribution in [2.24, 2.45) is 0 Å². The van der Waals surface area contributed by atoms with Crippen LogP contribution < -0.4 is 0 Å². The first-order chi connectivity index (χ1) is 12.0. The number of esters is 1. The SMILES string of the molecule is CC.COCc1cc(C(C)C)c(CC(=O)OC(C)(C)C)c(C(C)C)c1F. The molecule has 150 valence electrons. The Morgan fingerprint density at radius 2 is 1.65 bits per heavy atom. The van der Waals surface area contributed by atoms with Gasteiger partial charge in [-0.3, -0.25) is 4.79 Å². The molecule has 0 unspecified atom stereocenters. The minimum Gasteiger partial charge on any atom is -0.460 e. The highest BCUT2D eigenvalue weighted by molar-refractivity contribution is 5.74. The predicted molar refractivity (Wildman–Crippen MR) is 106 cm³/mol. The fraction of sp³-hybridized carbons (Fsp3) is 0.682. The highest BCUT2D eigenvalue weighted by Gasteiger charge is 2.25. The van der Waals surface area contributed by atoms with Gasteiger partial charge in [-0.15, -0.1) is 0 Å². The number of benzene rings is 1. The number of ether oxygens (including phenoxy) is 2. The van der Waals surface area contributed by atoms with Crippen LogP contribution in [-0.2, 0) is 27.3 Å². The maximum Gasteiger partial charge on any atom is 0.310 e. The highest BCUT2D eigenvalue weighted by atomic mass is 19.1. The van der Waals surface area contributed by atoms with Crippen LogP contribution in [0.5, 0.6) is 0 Å². The molecule has 1 rings (SSSR count). The summed E-state index contributed by atoms with van der Waals surface area (Å²) in [6, 6.07) is 1.83. The third-order valence-electron chi connectivity index (χ3n) is 3.76. The smallest absolute Gasteiger partial charge is 0.310 e. The zero-order chi connectivity index (χ0) is 20.7. The Hall–Kier alpha value is -1.42. The molecule has 0 aliphatic carbocycles. The number of hydrogen-bond donors (Lipinski definition) is 0. The minimum absolute atomic E-state index is 0.0308. The summed E-state index contributed by atoms with van der Waals surface area (Å²) in [5.74, 6) is -0.451. The molecule has 26 heavy (non-hydrogen) atoms. The zero-order valence-electron chi connectivity index (χ0n) is 18.2. The van der Waals surface area contributed by atoms with E-state index in [0.29, 0.717) is 11.1 Å². The Balaban J connectivity index is 0.00000301. The van der Waals surface area contributed by atoms with Crippen LogP contribution in [0.25, 0.3) is 0 Å². The van der Waals surface area contributed by atoms with Crippen molar-refractivity contribution in [3.63, 3.8) is 0 Å². The second-order valence-electron chi connectivity index (χ2n) is 7.84. The third-order valence-corrected chi connectivity index (χ3v) is 3.76. The van der Waals surface area contributed by atoms with Crippen molar-refractivity contribution in [1.29, 1.82) is 0 Å². The van der Waals surface area contributed by atoms with Gasteiger partial charge in [0.15, 0.2) is 0 Å². The molecule has 0 aliphatic heterocycles. The van der Waals surface area contributed by atoms with E-state index in [4.69, 9.17) is 9.47 Å². The lowest BCUT2D eigenvalue weighted by Gasteiger charge is -2.24. The van der Waals surface area contributed by atoms with Crippen LogP contribution in [0, 0.1) is 5.82 Å². The Morgan fingerprint density at radius 3 is 2.04 bits per heavy atom. The summed E-state index contributed by atoms with van der Waals surface area (Å²) < 4.78 is 25.5. The van der Waals surface area contributed by atoms with Crippen molar-refractivity contribution in [3.8, 4) is 0 Å². The number of carbonyl (C=O) groups is 1. The van der Waals surface area contributed by atoms with Gasteiger partial charge in [-0.2, -0.15) is 0 Å². The standard InChI is InChI=1S/C20H31FO3.C2H6/c1-12(2)15-9-14(11-23-8)19(21)18(13(3)4)16(15)10-17(22)24-20(5,6)7;1-2/h9,12-13H,10-11H2,1-8H3;1-2H3. The molecule has 0 N–H and O–H groups in total. The molecule has 3 nitrogen and oxygen atoms in total. The molecule has 0 radical (unpaired) electrons. The van der Waals surface area contributed by atoms with E-state index in [1.54, 1.807) is 7.11 Å². The van der Waals surface area contributed by atoms with Gasteiger partial charge in [0.05, 0.1) is 13.0 Å². The van der Waals surface area contributed by atoms with Crippen LogP contribution in [0.4, 0.5) is 4.39 Å². The van der Waals surface area contributed by atoms with Crippen LogP contribution >= 0.6 is 0 Å². The first kappa shape index (κ1) is 24.6. The van der Waals surface area contributed by atoms with Crippen molar-refractivity contribution < 1.29 is 18.7 Å². The number of methoxy groups -OCH3 is 1. The number of rotatable bonds is 6. The first-order valence-electron chi connectivity index (χ1n) is 9.52. The van der Waals surface area contributed by atoms with Crippen LogP contribution in [0.3, 0.4) is 0 Å². The zero-order valence-corrected chi connectivity index (χ0v) is 18.2. The average molecular weight is 369 g/mol.